The fourth-order valence-corrected chi connectivity index (χ4v) is 3.95. The number of nitrogens with zero attached hydrogens (tertiary/aromatic N) is 2. The molecule has 3 aromatic rings. The summed E-state index contributed by atoms with van der Waals surface area (Å²) >= 11 is 6.34. The van der Waals surface area contributed by atoms with E-state index in [0.717, 1.165) is 59.5 Å². The van der Waals surface area contributed by atoms with Crippen molar-refractivity contribution in [2.45, 2.75) is 13.0 Å². The normalized spacial score (nSPS) is 12.7. The third-order valence-electron chi connectivity index (χ3n) is 5.61. The SMILES string of the molecule is CNc1ccc(CCN(C)CCN2c3cc(Cl)ccc3COc3ccccc32)cc1. The summed E-state index contributed by atoms with van der Waals surface area (Å²) in [4.78, 5) is 4.71. The predicted octanol–water partition coefficient (Wildman–Crippen LogP) is 5.59. The Morgan fingerprint density at radius 1 is 1.00 bits per heavy atom. The molecule has 5 heteroatoms. The van der Waals surface area contributed by atoms with Gasteiger partial charge in [-0.1, -0.05) is 41.9 Å². The van der Waals surface area contributed by atoms with Gasteiger partial charge in [0.05, 0.1) is 5.69 Å². The topological polar surface area (TPSA) is 27.7 Å². The molecule has 156 valence electrons. The summed E-state index contributed by atoms with van der Waals surface area (Å²) in [7, 11) is 4.13. The number of hydrogen-bond acceptors (Lipinski definition) is 4. The number of likely N-dealkylation sites (N-methyl/N-ethyl adjacent to an activating group) is 1. The van der Waals surface area contributed by atoms with Crippen LogP contribution in [0.4, 0.5) is 17.1 Å². The van der Waals surface area contributed by atoms with Crippen molar-refractivity contribution in [1.29, 1.82) is 0 Å². The fraction of sp³-hybridized carbons (Fsp3) is 0.280. The Balaban J connectivity index is 1.46. The van der Waals surface area contributed by atoms with Crippen LogP contribution in [0.15, 0.2) is 66.7 Å². The number of para-hydroxylation sites is 2. The van der Waals surface area contributed by atoms with Crippen LogP contribution in [0.3, 0.4) is 0 Å². The molecule has 4 nitrogen and oxygen atoms in total. The highest BCUT2D eigenvalue weighted by atomic mass is 35.5. The largest absolute Gasteiger partial charge is 0.487 e. The maximum atomic E-state index is 6.34. The molecule has 0 radical (unpaired) electrons. The van der Waals surface area contributed by atoms with Gasteiger partial charge in [0, 0.05) is 48.6 Å². The maximum absolute atomic E-state index is 6.34. The van der Waals surface area contributed by atoms with Gasteiger partial charge in [0.25, 0.3) is 0 Å². The van der Waals surface area contributed by atoms with Crippen molar-refractivity contribution in [3.05, 3.63) is 82.9 Å². The molecule has 4 rings (SSSR count). The smallest absolute Gasteiger partial charge is 0.143 e. The monoisotopic (exact) mass is 421 g/mol. The molecule has 3 aromatic carbocycles. The number of halogens is 1. The molecule has 0 fully saturated rings. The van der Waals surface area contributed by atoms with Crippen molar-refractivity contribution >= 4 is 28.7 Å². The summed E-state index contributed by atoms with van der Waals surface area (Å²) in [6.07, 6.45) is 1.03. The lowest BCUT2D eigenvalue weighted by Gasteiger charge is -2.28. The van der Waals surface area contributed by atoms with Crippen LogP contribution in [0.1, 0.15) is 11.1 Å². The number of fused-ring (bicyclic) bond motifs is 2. The Morgan fingerprint density at radius 2 is 1.80 bits per heavy atom. The lowest BCUT2D eigenvalue weighted by Crippen LogP contribution is -2.32. The van der Waals surface area contributed by atoms with E-state index in [2.05, 4.69) is 64.6 Å². The summed E-state index contributed by atoms with van der Waals surface area (Å²) in [5, 5.41) is 3.91. The Kier molecular flexibility index (Phi) is 6.46. The first-order valence-corrected chi connectivity index (χ1v) is 10.7. The van der Waals surface area contributed by atoms with Crippen molar-refractivity contribution in [2.75, 3.05) is 43.9 Å². The van der Waals surface area contributed by atoms with Gasteiger partial charge in [-0.2, -0.15) is 0 Å². The van der Waals surface area contributed by atoms with Crippen LogP contribution in [0.2, 0.25) is 5.02 Å². The molecule has 0 aromatic heterocycles. The van der Waals surface area contributed by atoms with Crippen molar-refractivity contribution in [1.82, 2.24) is 4.90 Å². The van der Waals surface area contributed by atoms with Gasteiger partial charge in [-0.25, -0.2) is 0 Å². The Bertz CT molecular complexity index is 990. The zero-order valence-electron chi connectivity index (χ0n) is 17.6. The van der Waals surface area contributed by atoms with E-state index in [1.807, 2.05) is 31.3 Å². The second kappa shape index (κ2) is 9.41. The molecule has 0 aliphatic carbocycles. The molecule has 0 bridgehead atoms. The maximum Gasteiger partial charge on any atom is 0.143 e. The van der Waals surface area contributed by atoms with E-state index >= 15 is 0 Å². The van der Waals surface area contributed by atoms with Crippen LogP contribution in [0.5, 0.6) is 5.75 Å². The molecule has 30 heavy (non-hydrogen) atoms. The van der Waals surface area contributed by atoms with Crippen LogP contribution >= 0.6 is 11.6 Å². The molecule has 1 heterocycles. The van der Waals surface area contributed by atoms with Crippen molar-refractivity contribution in [2.24, 2.45) is 0 Å². The minimum absolute atomic E-state index is 0.554. The molecule has 0 amide bonds. The standard InChI is InChI=1S/C25H28ClN3O/c1-27-22-11-7-19(8-12-22)13-14-28(2)15-16-29-23-5-3-4-6-25(23)30-18-20-9-10-21(26)17-24(20)29/h3-12,17,27H,13-16,18H2,1-2H3. The number of ether oxygens (including phenoxy) is 1. The predicted molar refractivity (Wildman–Crippen MR) is 126 cm³/mol. The van der Waals surface area contributed by atoms with E-state index in [0.29, 0.717) is 6.61 Å². The quantitative estimate of drug-likeness (QED) is 0.538. The summed E-state index contributed by atoms with van der Waals surface area (Å²) in [6.45, 7) is 3.36. The van der Waals surface area contributed by atoms with E-state index in [1.165, 1.54) is 5.56 Å². The number of rotatable bonds is 7. The highest BCUT2D eigenvalue weighted by Crippen LogP contribution is 2.40. The van der Waals surface area contributed by atoms with Gasteiger partial charge < -0.3 is 19.9 Å². The van der Waals surface area contributed by atoms with Gasteiger partial charge in [-0.15, -0.1) is 0 Å². The molecule has 1 N–H and O–H groups in total. The summed E-state index contributed by atoms with van der Waals surface area (Å²) in [6, 6.07) is 22.9. The Morgan fingerprint density at radius 3 is 2.60 bits per heavy atom. The van der Waals surface area contributed by atoms with Crippen LogP contribution in [-0.2, 0) is 13.0 Å². The van der Waals surface area contributed by atoms with Crippen LogP contribution in [0.25, 0.3) is 0 Å². The third-order valence-corrected chi connectivity index (χ3v) is 5.84. The van der Waals surface area contributed by atoms with E-state index in [9.17, 15) is 0 Å². The second-order valence-corrected chi connectivity index (χ2v) is 8.12. The molecule has 0 atom stereocenters. The number of anilines is 3. The van der Waals surface area contributed by atoms with Gasteiger partial charge in [0.15, 0.2) is 0 Å². The van der Waals surface area contributed by atoms with Crippen molar-refractivity contribution in [3.8, 4) is 5.75 Å². The van der Waals surface area contributed by atoms with E-state index in [-0.39, 0.29) is 0 Å². The molecule has 1 aliphatic heterocycles. The molecule has 0 saturated heterocycles. The average Bonchev–Trinajstić information content (AvgIpc) is 2.93. The summed E-state index contributed by atoms with van der Waals surface area (Å²) < 4.78 is 6.07. The summed E-state index contributed by atoms with van der Waals surface area (Å²) in [5.41, 5.74) is 5.87. The van der Waals surface area contributed by atoms with Crippen LogP contribution in [0, 0.1) is 0 Å². The van der Waals surface area contributed by atoms with Gasteiger partial charge in [-0.05, 0) is 55.4 Å². The van der Waals surface area contributed by atoms with Gasteiger partial charge in [-0.3, -0.25) is 0 Å². The molecular formula is C25H28ClN3O. The van der Waals surface area contributed by atoms with Crippen molar-refractivity contribution < 1.29 is 4.74 Å². The molecule has 1 aliphatic rings. The first-order chi connectivity index (χ1) is 14.6. The van der Waals surface area contributed by atoms with E-state index in [1.54, 1.807) is 0 Å². The number of hydrogen-bond donors (Lipinski definition) is 1. The first-order valence-electron chi connectivity index (χ1n) is 10.4. The molecular weight excluding hydrogens is 394 g/mol. The lowest BCUT2D eigenvalue weighted by molar-refractivity contribution is 0.310. The molecule has 0 unspecified atom stereocenters. The average molecular weight is 422 g/mol. The minimum Gasteiger partial charge on any atom is -0.487 e. The number of benzene rings is 3. The van der Waals surface area contributed by atoms with Crippen LogP contribution in [-0.4, -0.2) is 38.6 Å². The van der Waals surface area contributed by atoms with Gasteiger partial charge in [0.1, 0.15) is 12.4 Å². The summed E-state index contributed by atoms with van der Waals surface area (Å²) in [5.74, 6) is 0.914. The zero-order valence-corrected chi connectivity index (χ0v) is 18.3. The fourth-order valence-electron chi connectivity index (χ4n) is 3.78. The van der Waals surface area contributed by atoms with E-state index in [4.69, 9.17) is 16.3 Å². The third kappa shape index (κ3) is 4.72. The number of nitrogens with one attached hydrogen (secondary N) is 1. The molecule has 0 saturated carbocycles. The minimum atomic E-state index is 0.554. The van der Waals surface area contributed by atoms with Gasteiger partial charge in [0.2, 0.25) is 0 Å². The lowest BCUT2D eigenvalue weighted by atomic mass is 10.1. The van der Waals surface area contributed by atoms with Crippen molar-refractivity contribution in [3.63, 3.8) is 0 Å². The van der Waals surface area contributed by atoms with Gasteiger partial charge >= 0.3 is 0 Å². The molecule has 0 spiro atoms. The van der Waals surface area contributed by atoms with Crippen LogP contribution < -0.4 is 15.0 Å². The van der Waals surface area contributed by atoms with E-state index < -0.39 is 0 Å². The zero-order chi connectivity index (χ0) is 20.9. The highest BCUT2D eigenvalue weighted by molar-refractivity contribution is 6.30. The first kappa shape index (κ1) is 20.6. The Labute approximate surface area is 184 Å². The second-order valence-electron chi connectivity index (χ2n) is 7.68. The highest BCUT2D eigenvalue weighted by Gasteiger charge is 2.22. The Hall–Kier alpha value is -2.69.